The lowest BCUT2D eigenvalue weighted by Gasteiger charge is -2.01. The third-order valence-corrected chi connectivity index (χ3v) is 2.64. The maximum Gasteiger partial charge on any atom is 0.221 e. The topological polar surface area (TPSA) is 59.2 Å². The predicted octanol–water partition coefficient (Wildman–Crippen LogP) is 2.90. The van der Waals surface area contributed by atoms with Gasteiger partial charge >= 0.3 is 0 Å². The Labute approximate surface area is 97.6 Å². The minimum atomic E-state index is -0.0138. The first-order valence-corrected chi connectivity index (χ1v) is 5.24. The molecular weight excluding hydrogens is 216 g/mol. The van der Waals surface area contributed by atoms with Crippen LogP contribution in [0.1, 0.15) is 5.76 Å². The van der Waals surface area contributed by atoms with Gasteiger partial charge in [0.15, 0.2) is 0 Å². The minimum absolute atomic E-state index is 0.0138. The van der Waals surface area contributed by atoms with Gasteiger partial charge in [0.25, 0.3) is 0 Å². The van der Waals surface area contributed by atoms with E-state index in [9.17, 15) is 5.11 Å². The molecule has 0 radical (unpaired) electrons. The summed E-state index contributed by atoms with van der Waals surface area (Å²) in [7, 11) is 0. The van der Waals surface area contributed by atoms with Gasteiger partial charge in [-0.2, -0.15) is 0 Å². The summed E-state index contributed by atoms with van der Waals surface area (Å²) in [4.78, 5) is 7.84. The van der Waals surface area contributed by atoms with Crippen LogP contribution in [-0.2, 0) is 0 Å². The van der Waals surface area contributed by atoms with Crippen LogP contribution in [0.3, 0.4) is 0 Å². The second-order valence-electron chi connectivity index (χ2n) is 3.84. The molecule has 0 aliphatic rings. The number of nitrogens with zero attached hydrogens (tertiary/aromatic N) is 2. The highest BCUT2D eigenvalue weighted by atomic mass is 16.3. The van der Waals surface area contributed by atoms with Crippen molar-refractivity contribution >= 4 is 10.9 Å². The Kier molecular flexibility index (Phi) is 2.08. The number of benzene rings is 1. The van der Waals surface area contributed by atoms with Crippen LogP contribution in [0.25, 0.3) is 22.2 Å². The normalized spacial score (nSPS) is 10.9. The summed E-state index contributed by atoms with van der Waals surface area (Å²) in [5.74, 6) is 1.61. The van der Waals surface area contributed by atoms with Gasteiger partial charge in [-0.05, 0) is 37.3 Å². The molecule has 0 amide bonds. The number of aromatic nitrogens is 2. The summed E-state index contributed by atoms with van der Waals surface area (Å²) in [6, 6.07) is 9.37. The Morgan fingerprint density at radius 3 is 2.76 bits per heavy atom. The SMILES string of the molecule is Cc1ccc(-c2ccc3ncnc(O)c3c2)o1. The Morgan fingerprint density at radius 1 is 1.12 bits per heavy atom. The van der Waals surface area contributed by atoms with E-state index in [1.54, 1.807) is 0 Å². The van der Waals surface area contributed by atoms with Crippen molar-refractivity contribution in [3.63, 3.8) is 0 Å². The van der Waals surface area contributed by atoms with Gasteiger partial charge in [-0.3, -0.25) is 0 Å². The molecule has 1 aromatic carbocycles. The molecular formula is C13H10N2O2. The van der Waals surface area contributed by atoms with Crippen molar-refractivity contribution in [2.75, 3.05) is 0 Å². The van der Waals surface area contributed by atoms with E-state index >= 15 is 0 Å². The summed E-state index contributed by atoms with van der Waals surface area (Å²) >= 11 is 0. The highest BCUT2D eigenvalue weighted by molar-refractivity contribution is 5.87. The molecule has 0 aliphatic carbocycles. The summed E-state index contributed by atoms with van der Waals surface area (Å²) in [5.41, 5.74) is 1.61. The lowest BCUT2D eigenvalue weighted by molar-refractivity contribution is 0.459. The van der Waals surface area contributed by atoms with Crippen molar-refractivity contribution < 1.29 is 9.52 Å². The van der Waals surface area contributed by atoms with Crippen molar-refractivity contribution in [3.05, 3.63) is 42.4 Å². The van der Waals surface area contributed by atoms with Gasteiger partial charge in [-0.25, -0.2) is 9.97 Å². The number of aryl methyl sites for hydroxylation is 1. The summed E-state index contributed by atoms with van der Waals surface area (Å²) in [5, 5.41) is 10.3. The van der Waals surface area contributed by atoms with Crippen molar-refractivity contribution in [2.24, 2.45) is 0 Å². The van der Waals surface area contributed by atoms with E-state index in [4.69, 9.17) is 4.42 Å². The fraction of sp³-hybridized carbons (Fsp3) is 0.0769. The fourth-order valence-corrected chi connectivity index (χ4v) is 1.79. The summed E-state index contributed by atoms with van der Waals surface area (Å²) in [6.07, 6.45) is 1.34. The first-order valence-electron chi connectivity index (χ1n) is 5.24. The molecule has 4 nitrogen and oxygen atoms in total. The third-order valence-electron chi connectivity index (χ3n) is 2.64. The monoisotopic (exact) mass is 226 g/mol. The van der Waals surface area contributed by atoms with Crippen molar-refractivity contribution in [2.45, 2.75) is 6.92 Å². The molecule has 1 N–H and O–H groups in total. The first kappa shape index (κ1) is 9.84. The smallest absolute Gasteiger partial charge is 0.221 e. The molecule has 0 aliphatic heterocycles. The van der Waals surface area contributed by atoms with Gasteiger partial charge in [0.05, 0.1) is 10.9 Å². The van der Waals surface area contributed by atoms with Gasteiger partial charge in [0.2, 0.25) is 5.88 Å². The molecule has 84 valence electrons. The van der Waals surface area contributed by atoms with Crippen LogP contribution in [0.15, 0.2) is 41.1 Å². The number of fused-ring (bicyclic) bond motifs is 1. The summed E-state index contributed by atoms with van der Waals surface area (Å²) < 4.78 is 5.54. The quantitative estimate of drug-likeness (QED) is 0.693. The van der Waals surface area contributed by atoms with E-state index in [0.717, 1.165) is 17.1 Å². The van der Waals surface area contributed by atoms with Crippen LogP contribution in [0.4, 0.5) is 0 Å². The van der Waals surface area contributed by atoms with E-state index in [1.807, 2.05) is 37.3 Å². The molecule has 4 heteroatoms. The molecule has 17 heavy (non-hydrogen) atoms. The second kappa shape index (κ2) is 3.59. The molecule has 0 bridgehead atoms. The minimum Gasteiger partial charge on any atom is -0.493 e. The Hall–Kier alpha value is -2.36. The molecule has 3 aromatic rings. The van der Waals surface area contributed by atoms with E-state index in [-0.39, 0.29) is 5.88 Å². The van der Waals surface area contributed by atoms with Gasteiger partial charge in [0, 0.05) is 5.56 Å². The lowest BCUT2D eigenvalue weighted by atomic mass is 10.1. The average molecular weight is 226 g/mol. The predicted molar refractivity (Wildman–Crippen MR) is 63.6 cm³/mol. The number of aromatic hydroxyl groups is 1. The van der Waals surface area contributed by atoms with Crippen LogP contribution in [-0.4, -0.2) is 15.1 Å². The van der Waals surface area contributed by atoms with Crippen LogP contribution >= 0.6 is 0 Å². The largest absolute Gasteiger partial charge is 0.493 e. The number of hydrogen-bond donors (Lipinski definition) is 1. The maximum atomic E-state index is 9.67. The zero-order valence-corrected chi connectivity index (χ0v) is 9.21. The Balaban J connectivity index is 2.22. The third kappa shape index (κ3) is 1.63. The maximum absolute atomic E-state index is 9.67. The van der Waals surface area contributed by atoms with Crippen molar-refractivity contribution in [1.82, 2.24) is 9.97 Å². The zero-order chi connectivity index (χ0) is 11.8. The van der Waals surface area contributed by atoms with E-state index < -0.39 is 0 Å². The van der Waals surface area contributed by atoms with Crippen LogP contribution in [0, 0.1) is 6.92 Å². The average Bonchev–Trinajstić information content (AvgIpc) is 2.76. The van der Waals surface area contributed by atoms with Gasteiger partial charge in [0.1, 0.15) is 17.8 Å². The number of furan rings is 1. The molecule has 3 rings (SSSR count). The van der Waals surface area contributed by atoms with Crippen LogP contribution in [0.2, 0.25) is 0 Å². The highest BCUT2D eigenvalue weighted by Crippen LogP contribution is 2.28. The number of hydrogen-bond acceptors (Lipinski definition) is 4. The molecule has 0 fully saturated rings. The van der Waals surface area contributed by atoms with Gasteiger partial charge < -0.3 is 9.52 Å². The van der Waals surface area contributed by atoms with E-state index in [2.05, 4.69) is 9.97 Å². The van der Waals surface area contributed by atoms with Crippen molar-refractivity contribution in [1.29, 1.82) is 0 Å². The van der Waals surface area contributed by atoms with Gasteiger partial charge in [-0.15, -0.1) is 0 Å². The molecule has 0 unspecified atom stereocenters. The van der Waals surface area contributed by atoms with Crippen LogP contribution in [0.5, 0.6) is 5.88 Å². The molecule has 2 aromatic heterocycles. The molecule has 0 saturated heterocycles. The standard InChI is InChI=1S/C13H10N2O2/c1-8-2-5-12(17-8)9-3-4-11-10(6-9)13(16)15-7-14-11/h2-7H,1H3,(H,14,15,16). The molecule has 0 atom stereocenters. The van der Waals surface area contributed by atoms with Crippen LogP contribution < -0.4 is 0 Å². The highest BCUT2D eigenvalue weighted by Gasteiger charge is 2.07. The summed E-state index contributed by atoms with van der Waals surface area (Å²) in [6.45, 7) is 1.89. The Bertz CT molecular complexity index is 689. The van der Waals surface area contributed by atoms with E-state index in [1.165, 1.54) is 6.33 Å². The van der Waals surface area contributed by atoms with Gasteiger partial charge in [-0.1, -0.05) is 0 Å². The zero-order valence-electron chi connectivity index (χ0n) is 9.21. The molecule has 0 saturated carbocycles. The fourth-order valence-electron chi connectivity index (χ4n) is 1.79. The Morgan fingerprint density at radius 2 is 2.00 bits per heavy atom. The molecule has 0 spiro atoms. The first-order chi connectivity index (χ1) is 8.24. The lowest BCUT2D eigenvalue weighted by Crippen LogP contribution is -1.83. The number of rotatable bonds is 1. The second-order valence-corrected chi connectivity index (χ2v) is 3.84. The van der Waals surface area contributed by atoms with Crippen molar-refractivity contribution in [3.8, 4) is 17.2 Å². The molecule has 2 heterocycles. The van der Waals surface area contributed by atoms with E-state index in [0.29, 0.717) is 10.9 Å².